The summed E-state index contributed by atoms with van der Waals surface area (Å²) in [6, 6.07) is 17.4. The summed E-state index contributed by atoms with van der Waals surface area (Å²) in [5.41, 5.74) is 5.04. The van der Waals surface area contributed by atoms with Gasteiger partial charge in [0.25, 0.3) is 0 Å². The molecule has 1 fully saturated rings. The largest absolute Gasteiger partial charge is 0.508 e. The molecular formula is C24H34N2O4. The van der Waals surface area contributed by atoms with Crippen molar-refractivity contribution in [2.75, 3.05) is 13.1 Å². The van der Waals surface area contributed by atoms with Crippen LogP contribution in [0.5, 0.6) is 11.5 Å². The number of aromatic hydroxyl groups is 2. The highest BCUT2D eigenvalue weighted by molar-refractivity contribution is 5.76. The van der Waals surface area contributed by atoms with Gasteiger partial charge >= 0.3 is 0 Å². The van der Waals surface area contributed by atoms with Crippen molar-refractivity contribution in [2.24, 2.45) is 5.73 Å². The number of carbonyl (C=O) groups is 2. The Kier molecular flexibility index (Phi) is 13.2. The van der Waals surface area contributed by atoms with Gasteiger partial charge in [-0.1, -0.05) is 49.2 Å². The van der Waals surface area contributed by atoms with E-state index < -0.39 is 0 Å². The van der Waals surface area contributed by atoms with Crippen LogP contribution in [0.1, 0.15) is 51.4 Å². The molecule has 4 N–H and O–H groups in total. The van der Waals surface area contributed by atoms with Crippen molar-refractivity contribution in [1.82, 2.24) is 4.90 Å². The van der Waals surface area contributed by atoms with Crippen LogP contribution < -0.4 is 5.73 Å². The first kappa shape index (κ1) is 25.0. The van der Waals surface area contributed by atoms with Gasteiger partial charge in [-0.2, -0.15) is 0 Å². The molecule has 0 bridgehead atoms. The third-order valence-electron chi connectivity index (χ3n) is 4.53. The maximum absolute atomic E-state index is 11.8. The second kappa shape index (κ2) is 15.9. The number of benzene rings is 2. The first-order valence-corrected chi connectivity index (χ1v) is 10.5. The van der Waals surface area contributed by atoms with Crippen LogP contribution in [0.15, 0.2) is 60.7 Å². The van der Waals surface area contributed by atoms with Gasteiger partial charge in [0, 0.05) is 25.9 Å². The predicted octanol–water partition coefficient (Wildman–Crippen LogP) is 4.22. The summed E-state index contributed by atoms with van der Waals surface area (Å²) in [5, 5.41) is 17.3. The molecule has 1 aliphatic rings. The summed E-state index contributed by atoms with van der Waals surface area (Å²) in [4.78, 5) is 24.3. The molecule has 0 radical (unpaired) electrons. The number of hydrogen-bond acceptors (Lipinski definition) is 4. The third-order valence-corrected chi connectivity index (χ3v) is 4.53. The molecule has 1 saturated heterocycles. The summed E-state index contributed by atoms with van der Waals surface area (Å²) in [7, 11) is 0. The molecule has 0 saturated carbocycles. The number of nitrogens with two attached hydrogens (primary N) is 1. The van der Waals surface area contributed by atoms with E-state index in [1.807, 2.05) is 17.0 Å². The second-order valence-electron chi connectivity index (χ2n) is 7.14. The van der Waals surface area contributed by atoms with Crippen molar-refractivity contribution in [3.63, 3.8) is 0 Å². The number of unbranched alkanes of at least 4 members (excludes halogenated alkanes) is 1. The lowest BCUT2D eigenvalue weighted by atomic mass is 10.1. The molecule has 0 aliphatic carbocycles. The van der Waals surface area contributed by atoms with E-state index in [9.17, 15) is 9.59 Å². The minimum Gasteiger partial charge on any atom is -0.508 e. The SMILES string of the molecule is NC(=O)CCCCC(=O)N1CCCCCC1.Oc1ccccc1.Oc1ccccc1. The Bertz CT molecular complexity index is 662. The molecule has 0 atom stereocenters. The van der Waals surface area contributed by atoms with Gasteiger partial charge in [-0.15, -0.1) is 0 Å². The average molecular weight is 415 g/mol. The summed E-state index contributed by atoms with van der Waals surface area (Å²) in [6.45, 7) is 1.82. The summed E-state index contributed by atoms with van der Waals surface area (Å²) in [5.74, 6) is 0.610. The van der Waals surface area contributed by atoms with Gasteiger partial charge in [-0.3, -0.25) is 9.59 Å². The molecule has 6 heteroatoms. The van der Waals surface area contributed by atoms with Crippen LogP contribution in [0.25, 0.3) is 0 Å². The van der Waals surface area contributed by atoms with Gasteiger partial charge in [0.15, 0.2) is 0 Å². The van der Waals surface area contributed by atoms with Gasteiger partial charge in [-0.25, -0.2) is 0 Å². The van der Waals surface area contributed by atoms with E-state index in [4.69, 9.17) is 15.9 Å². The van der Waals surface area contributed by atoms with Crippen LogP contribution in [-0.2, 0) is 9.59 Å². The highest BCUT2D eigenvalue weighted by Crippen LogP contribution is 2.12. The Hall–Kier alpha value is -3.02. The number of primary amides is 1. The lowest BCUT2D eigenvalue weighted by molar-refractivity contribution is -0.131. The first-order chi connectivity index (χ1) is 14.5. The molecule has 0 aromatic heterocycles. The van der Waals surface area contributed by atoms with E-state index in [2.05, 4.69) is 0 Å². The smallest absolute Gasteiger partial charge is 0.222 e. The van der Waals surface area contributed by atoms with Gasteiger partial charge in [-0.05, 0) is 49.9 Å². The first-order valence-electron chi connectivity index (χ1n) is 10.5. The number of phenols is 2. The zero-order valence-corrected chi connectivity index (χ0v) is 17.6. The van der Waals surface area contributed by atoms with Crippen molar-refractivity contribution in [1.29, 1.82) is 0 Å². The minimum atomic E-state index is -0.276. The number of para-hydroxylation sites is 2. The molecule has 164 valence electrons. The molecule has 2 amide bonds. The normalized spacial score (nSPS) is 13.0. The average Bonchev–Trinajstić information content (AvgIpc) is 3.03. The second-order valence-corrected chi connectivity index (χ2v) is 7.14. The molecule has 1 heterocycles. The Morgan fingerprint density at radius 2 is 1.17 bits per heavy atom. The van der Waals surface area contributed by atoms with Crippen LogP contribution in [0, 0.1) is 0 Å². The Labute approximate surface area is 179 Å². The Morgan fingerprint density at radius 1 is 0.733 bits per heavy atom. The van der Waals surface area contributed by atoms with Crippen molar-refractivity contribution in [3.8, 4) is 11.5 Å². The lowest BCUT2D eigenvalue weighted by Gasteiger charge is -2.20. The molecule has 2 aromatic carbocycles. The fourth-order valence-corrected chi connectivity index (χ4v) is 2.91. The molecule has 3 rings (SSSR count). The quantitative estimate of drug-likeness (QED) is 0.637. The minimum absolute atomic E-state index is 0.242. The Morgan fingerprint density at radius 3 is 1.53 bits per heavy atom. The van der Waals surface area contributed by atoms with Crippen LogP contribution in [-0.4, -0.2) is 40.0 Å². The number of rotatable bonds is 5. The maximum atomic E-state index is 11.8. The number of nitrogens with zero attached hydrogens (tertiary/aromatic N) is 1. The van der Waals surface area contributed by atoms with Crippen molar-refractivity contribution in [3.05, 3.63) is 60.7 Å². The predicted molar refractivity (Wildman–Crippen MR) is 119 cm³/mol. The molecule has 6 nitrogen and oxygen atoms in total. The highest BCUT2D eigenvalue weighted by atomic mass is 16.3. The topological polar surface area (TPSA) is 104 Å². The van der Waals surface area contributed by atoms with Gasteiger partial charge < -0.3 is 20.8 Å². The third kappa shape index (κ3) is 13.2. The number of amides is 2. The van der Waals surface area contributed by atoms with Crippen LogP contribution in [0.4, 0.5) is 0 Å². The van der Waals surface area contributed by atoms with Gasteiger partial charge in [0.05, 0.1) is 0 Å². The zero-order chi connectivity index (χ0) is 22.0. The Balaban J connectivity index is 0.000000263. The fourth-order valence-electron chi connectivity index (χ4n) is 2.91. The van der Waals surface area contributed by atoms with E-state index in [0.29, 0.717) is 24.3 Å². The van der Waals surface area contributed by atoms with Crippen molar-refractivity contribution < 1.29 is 19.8 Å². The monoisotopic (exact) mass is 414 g/mol. The number of likely N-dealkylation sites (tertiary alicyclic amines) is 1. The molecule has 30 heavy (non-hydrogen) atoms. The molecule has 0 unspecified atom stereocenters. The van der Waals surface area contributed by atoms with E-state index in [-0.39, 0.29) is 11.8 Å². The lowest BCUT2D eigenvalue weighted by Crippen LogP contribution is -2.31. The van der Waals surface area contributed by atoms with Crippen molar-refractivity contribution >= 4 is 11.8 Å². The van der Waals surface area contributed by atoms with Crippen LogP contribution in [0.3, 0.4) is 0 Å². The number of carbonyl (C=O) groups excluding carboxylic acids is 2. The maximum Gasteiger partial charge on any atom is 0.222 e. The molecule has 1 aliphatic heterocycles. The summed E-state index contributed by atoms with van der Waals surface area (Å²) in [6.07, 6.45) is 7.21. The summed E-state index contributed by atoms with van der Waals surface area (Å²) >= 11 is 0. The standard InChI is InChI=1S/C12H22N2O2.2C6H6O/c13-11(15)7-3-4-8-12(16)14-9-5-1-2-6-10-14;2*7-6-4-2-1-3-5-6/h1-10H2,(H2,13,15);2*1-5,7H. The number of phenolic OH excluding ortho intramolecular Hbond substituents is 2. The van der Waals surface area contributed by atoms with Crippen LogP contribution in [0.2, 0.25) is 0 Å². The van der Waals surface area contributed by atoms with E-state index in [1.165, 1.54) is 12.8 Å². The van der Waals surface area contributed by atoms with Gasteiger partial charge in [0.2, 0.25) is 11.8 Å². The van der Waals surface area contributed by atoms with Crippen molar-refractivity contribution in [2.45, 2.75) is 51.4 Å². The van der Waals surface area contributed by atoms with Gasteiger partial charge in [0.1, 0.15) is 11.5 Å². The number of hydrogen-bond donors (Lipinski definition) is 3. The fraction of sp³-hybridized carbons (Fsp3) is 0.417. The van der Waals surface area contributed by atoms with E-state index in [1.54, 1.807) is 48.5 Å². The van der Waals surface area contributed by atoms with E-state index >= 15 is 0 Å². The molecular weight excluding hydrogens is 380 g/mol. The van der Waals surface area contributed by atoms with E-state index in [0.717, 1.165) is 38.8 Å². The summed E-state index contributed by atoms with van der Waals surface area (Å²) < 4.78 is 0. The molecule has 0 spiro atoms. The van der Waals surface area contributed by atoms with Crippen LogP contribution >= 0.6 is 0 Å². The molecule has 2 aromatic rings. The highest BCUT2D eigenvalue weighted by Gasteiger charge is 2.14. The zero-order valence-electron chi connectivity index (χ0n) is 17.6.